The van der Waals surface area contributed by atoms with Crippen LogP contribution in [0.25, 0.3) is 0 Å². The first kappa shape index (κ1) is 16.9. The lowest BCUT2D eigenvalue weighted by molar-refractivity contribution is -0.880. The fraction of sp³-hybridized carbons (Fsp3) is 0.263. The van der Waals surface area contributed by atoms with E-state index in [0.717, 1.165) is 37.9 Å². The van der Waals surface area contributed by atoms with Crippen LogP contribution in [0.2, 0.25) is 0 Å². The molecule has 2 aromatic rings. The number of benzene rings is 2. The normalized spacial score (nSPS) is 14.8. The minimum absolute atomic E-state index is 0.0786. The summed E-state index contributed by atoms with van der Waals surface area (Å²) in [7, 11) is 2.19. The zero-order valence-electron chi connectivity index (χ0n) is 14.1. The lowest BCUT2D eigenvalue weighted by Gasteiger charge is -2.31. The Labute approximate surface area is 146 Å². The molecule has 2 N–H and O–H groups in total. The van der Waals surface area contributed by atoms with Gasteiger partial charge in [0.1, 0.15) is 5.82 Å². The molecule has 0 spiro atoms. The van der Waals surface area contributed by atoms with Gasteiger partial charge in [-0.2, -0.15) is 5.26 Å². The predicted molar refractivity (Wildman–Crippen MR) is 94.3 cm³/mol. The molecule has 0 atom stereocenters. The van der Waals surface area contributed by atoms with Crippen molar-refractivity contribution in [1.29, 1.82) is 5.26 Å². The maximum atomic E-state index is 13.9. The van der Waals surface area contributed by atoms with E-state index in [0.29, 0.717) is 5.69 Å². The molecular formula is C19H20FN4O+. The number of amides is 1. The Balaban J connectivity index is 1.67. The highest BCUT2D eigenvalue weighted by atomic mass is 19.1. The third kappa shape index (κ3) is 3.95. The van der Waals surface area contributed by atoms with E-state index < -0.39 is 11.7 Å². The first-order chi connectivity index (χ1) is 12.1. The number of nitriles is 1. The fourth-order valence-corrected chi connectivity index (χ4v) is 2.87. The monoisotopic (exact) mass is 339 g/mol. The van der Waals surface area contributed by atoms with E-state index in [1.54, 1.807) is 0 Å². The fourth-order valence-electron chi connectivity index (χ4n) is 2.87. The lowest BCUT2D eigenvalue weighted by Crippen LogP contribution is -3.12. The summed E-state index contributed by atoms with van der Waals surface area (Å²) >= 11 is 0. The van der Waals surface area contributed by atoms with E-state index in [1.165, 1.54) is 17.0 Å². The van der Waals surface area contributed by atoms with Crippen LogP contribution in [0.1, 0.15) is 15.9 Å². The van der Waals surface area contributed by atoms with E-state index in [9.17, 15) is 9.18 Å². The molecule has 0 saturated carbocycles. The number of hydrogen-bond acceptors (Lipinski definition) is 3. The number of nitrogens with zero attached hydrogens (tertiary/aromatic N) is 2. The van der Waals surface area contributed by atoms with Crippen molar-refractivity contribution in [3.8, 4) is 6.07 Å². The van der Waals surface area contributed by atoms with Crippen molar-refractivity contribution in [3.05, 3.63) is 59.4 Å². The number of hydrogen-bond donors (Lipinski definition) is 2. The summed E-state index contributed by atoms with van der Waals surface area (Å²) in [4.78, 5) is 16.1. The Bertz CT molecular complexity index is 805. The highest BCUT2D eigenvalue weighted by Gasteiger charge is 2.17. The molecule has 0 radical (unpaired) electrons. The number of piperazine rings is 1. The Morgan fingerprint density at radius 2 is 1.88 bits per heavy atom. The van der Waals surface area contributed by atoms with E-state index in [4.69, 9.17) is 5.26 Å². The minimum Gasteiger partial charge on any atom is -0.360 e. The predicted octanol–water partition coefficient (Wildman–Crippen LogP) is 1.28. The van der Waals surface area contributed by atoms with Crippen LogP contribution in [-0.4, -0.2) is 39.1 Å². The maximum Gasteiger partial charge on any atom is 0.258 e. The van der Waals surface area contributed by atoms with Gasteiger partial charge in [0.15, 0.2) is 0 Å². The summed E-state index contributed by atoms with van der Waals surface area (Å²) in [5.74, 6) is -1.23. The van der Waals surface area contributed by atoms with Crippen LogP contribution in [0.3, 0.4) is 0 Å². The van der Waals surface area contributed by atoms with Gasteiger partial charge in [0.25, 0.3) is 5.91 Å². The Morgan fingerprint density at radius 3 is 2.48 bits per heavy atom. The van der Waals surface area contributed by atoms with Crippen LogP contribution in [0.15, 0.2) is 42.5 Å². The van der Waals surface area contributed by atoms with Crippen LogP contribution in [-0.2, 0) is 0 Å². The SMILES string of the molecule is C[NH+]1CCN(c2ccc(NC(=O)c3ccc(C#N)cc3F)cc2)CC1. The Kier molecular flexibility index (Phi) is 4.96. The van der Waals surface area contributed by atoms with Gasteiger partial charge in [-0.15, -0.1) is 0 Å². The smallest absolute Gasteiger partial charge is 0.258 e. The van der Waals surface area contributed by atoms with Crippen molar-refractivity contribution in [2.75, 3.05) is 43.4 Å². The first-order valence-corrected chi connectivity index (χ1v) is 8.24. The second-order valence-electron chi connectivity index (χ2n) is 6.25. The summed E-state index contributed by atoms with van der Waals surface area (Å²) in [5, 5.41) is 11.4. The lowest BCUT2D eigenvalue weighted by atomic mass is 10.1. The van der Waals surface area contributed by atoms with Crippen LogP contribution in [0, 0.1) is 17.1 Å². The van der Waals surface area contributed by atoms with Gasteiger partial charge in [-0.3, -0.25) is 4.79 Å². The molecule has 1 fully saturated rings. The van der Waals surface area contributed by atoms with E-state index in [-0.39, 0.29) is 11.1 Å². The second-order valence-corrected chi connectivity index (χ2v) is 6.25. The summed E-state index contributed by atoms with van der Waals surface area (Å²) in [6.45, 7) is 4.23. The molecule has 2 aromatic carbocycles. The molecule has 1 aliphatic heterocycles. The number of quaternary nitrogens is 1. The number of nitrogens with one attached hydrogen (secondary N) is 2. The molecule has 0 aliphatic carbocycles. The molecule has 5 nitrogen and oxygen atoms in total. The molecule has 25 heavy (non-hydrogen) atoms. The van der Waals surface area contributed by atoms with E-state index in [2.05, 4.69) is 17.3 Å². The summed E-state index contributed by atoms with van der Waals surface area (Å²) in [5.41, 5.74) is 1.84. The number of likely N-dealkylation sites (N-methyl/N-ethyl adjacent to an activating group) is 1. The number of carbonyl (C=O) groups excluding carboxylic acids is 1. The van der Waals surface area contributed by atoms with Gasteiger partial charge in [-0.1, -0.05) is 0 Å². The number of rotatable bonds is 3. The molecule has 1 amide bonds. The Morgan fingerprint density at radius 1 is 1.20 bits per heavy atom. The van der Waals surface area contributed by atoms with Gasteiger partial charge in [-0.25, -0.2) is 4.39 Å². The van der Waals surface area contributed by atoms with E-state index in [1.807, 2.05) is 30.3 Å². The molecule has 128 valence electrons. The van der Waals surface area contributed by atoms with Crippen molar-refractivity contribution in [2.45, 2.75) is 0 Å². The summed E-state index contributed by atoms with van der Waals surface area (Å²) in [6.07, 6.45) is 0. The highest BCUT2D eigenvalue weighted by molar-refractivity contribution is 6.04. The summed E-state index contributed by atoms with van der Waals surface area (Å²) in [6, 6.07) is 13.2. The van der Waals surface area contributed by atoms with Crippen LogP contribution < -0.4 is 15.1 Å². The zero-order valence-corrected chi connectivity index (χ0v) is 14.1. The van der Waals surface area contributed by atoms with Gasteiger partial charge in [0.05, 0.1) is 50.4 Å². The topological polar surface area (TPSA) is 60.6 Å². The molecule has 1 heterocycles. The standard InChI is InChI=1S/C19H19FN4O/c1-23-8-10-24(11-9-23)16-5-3-15(4-6-16)22-19(25)17-7-2-14(13-21)12-18(17)20/h2-7,12H,8-11H2,1H3,(H,22,25)/p+1. The molecule has 1 saturated heterocycles. The van der Waals surface area contributed by atoms with Gasteiger partial charge < -0.3 is 15.1 Å². The van der Waals surface area contributed by atoms with Crippen molar-refractivity contribution in [2.24, 2.45) is 0 Å². The van der Waals surface area contributed by atoms with Crippen molar-refractivity contribution in [1.82, 2.24) is 0 Å². The molecule has 3 rings (SSSR count). The van der Waals surface area contributed by atoms with Crippen LogP contribution in [0.5, 0.6) is 0 Å². The Hall–Kier alpha value is -2.91. The molecule has 6 heteroatoms. The van der Waals surface area contributed by atoms with E-state index >= 15 is 0 Å². The quantitative estimate of drug-likeness (QED) is 0.886. The number of anilines is 2. The molecule has 0 bridgehead atoms. The zero-order chi connectivity index (χ0) is 17.8. The maximum absolute atomic E-state index is 13.9. The largest absolute Gasteiger partial charge is 0.360 e. The third-order valence-corrected chi connectivity index (χ3v) is 4.45. The van der Waals surface area contributed by atoms with Crippen molar-refractivity contribution in [3.63, 3.8) is 0 Å². The molecule has 1 aliphatic rings. The van der Waals surface area contributed by atoms with Gasteiger partial charge in [-0.05, 0) is 42.5 Å². The average Bonchev–Trinajstić information content (AvgIpc) is 2.63. The average molecular weight is 339 g/mol. The van der Waals surface area contributed by atoms with Crippen molar-refractivity contribution < 1.29 is 14.1 Å². The molecule has 0 unspecified atom stereocenters. The van der Waals surface area contributed by atoms with Gasteiger partial charge >= 0.3 is 0 Å². The third-order valence-electron chi connectivity index (χ3n) is 4.45. The van der Waals surface area contributed by atoms with Crippen molar-refractivity contribution >= 4 is 17.3 Å². The van der Waals surface area contributed by atoms with Gasteiger partial charge in [0.2, 0.25) is 0 Å². The number of halogens is 1. The molecular weight excluding hydrogens is 319 g/mol. The highest BCUT2D eigenvalue weighted by Crippen LogP contribution is 2.19. The minimum atomic E-state index is -0.701. The second kappa shape index (κ2) is 7.32. The van der Waals surface area contributed by atoms with Crippen LogP contribution in [0.4, 0.5) is 15.8 Å². The molecule has 0 aromatic heterocycles. The van der Waals surface area contributed by atoms with Crippen LogP contribution >= 0.6 is 0 Å². The summed E-state index contributed by atoms with van der Waals surface area (Å²) < 4.78 is 13.9. The first-order valence-electron chi connectivity index (χ1n) is 8.24. The van der Waals surface area contributed by atoms with Gasteiger partial charge in [0, 0.05) is 11.4 Å². The number of carbonyl (C=O) groups is 1.